The summed E-state index contributed by atoms with van der Waals surface area (Å²) in [5.74, 6) is 1.46. The van der Waals surface area contributed by atoms with Crippen LogP contribution in [0.2, 0.25) is 10.0 Å². The molecule has 0 fully saturated rings. The van der Waals surface area contributed by atoms with Gasteiger partial charge in [-0.3, -0.25) is 9.78 Å². The Labute approximate surface area is 175 Å². The van der Waals surface area contributed by atoms with Crippen molar-refractivity contribution in [3.63, 3.8) is 0 Å². The number of aromatic nitrogens is 1. The molecule has 28 heavy (non-hydrogen) atoms. The molecule has 0 unspecified atom stereocenters. The maximum Gasteiger partial charge on any atom is 0.204 e. The lowest BCUT2D eigenvalue weighted by Gasteiger charge is -2.20. The van der Waals surface area contributed by atoms with E-state index >= 15 is 0 Å². The van der Waals surface area contributed by atoms with Crippen LogP contribution in [-0.4, -0.2) is 31.6 Å². The Morgan fingerprint density at radius 2 is 1.68 bits per heavy atom. The normalized spacial score (nSPS) is 10.8. The first-order valence-electron chi connectivity index (χ1n) is 9.15. The summed E-state index contributed by atoms with van der Waals surface area (Å²) in [7, 11) is 3.06. The Hall–Kier alpha value is -1.98. The third-order valence-corrected chi connectivity index (χ3v) is 5.36. The number of rotatable bonds is 10. The van der Waals surface area contributed by atoms with Crippen LogP contribution in [0.3, 0.4) is 0 Å². The van der Waals surface area contributed by atoms with Gasteiger partial charge in [0.05, 0.1) is 36.4 Å². The molecule has 0 aliphatic heterocycles. The first kappa shape index (κ1) is 22.3. The second kappa shape index (κ2) is 10.5. The molecule has 0 bridgehead atoms. The van der Waals surface area contributed by atoms with E-state index in [1.165, 1.54) is 19.5 Å². The predicted molar refractivity (Wildman–Crippen MR) is 111 cm³/mol. The molecule has 1 aromatic carbocycles. The average molecular weight is 426 g/mol. The molecule has 1 aromatic heterocycles. The number of methoxy groups -OCH3 is 2. The minimum atomic E-state index is -0.185. The molecule has 7 heteroatoms. The van der Waals surface area contributed by atoms with Gasteiger partial charge in [-0.25, -0.2) is 0 Å². The van der Waals surface area contributed by atoms with Crippen molar-refractivity contribution in [3.05, 3.63) is 45.7 Å². The van der Waals surface area contributed by atoms with Crippen LogP contribution in [-0.2, 0) is 6.42 Å². The van der Waals surface area contributed by atoms with E-state index in [0.717, 1.165) is 12.8 Å². The van der Waals surface area contributed by atoms with Crippen molar-refractivity contribution in [2.75, 3.05) is 20.8 Å². The second-order valence-corrected chi connectivity index (χ2v) is 7.17. The molecule has 0 N–H and O–H groups in total. The van der Waals surface area contributed by atoms with E-state index in [2.05, 4.69) is 18.8 Å². The number of ketones is 1. The zero-order valence-electron chi connectivity index (χ0n) is 16.6. The third kappa shape index (κ3) is 5.09. The molecule has 0 saturated carbocycles. The highest BCUT2D eigenvalue weighted by molar-refractivity contribution is 6.36. The fraction of sp³-hybridized carbons (Fsp3) is 0.429. The summed E-state index contributed by atoms with van der Waals surface area (Å²) in [5, 5.41) is 0.696. The smallest absolute Gasteiger partial charge is 0.204 e. The molecular weight excluding hydrogens is 401 g/mol. The zero-order valence-corrected chi connectivity index (χ0v) is 18.1. The van der Waals surface area contributed by atoms with E-state index in [9.17, 15) is 4.79 Å². The molecule has 1 heterocycles. The molecule has 5 nitrogen and oxygen atoms in total. The first-order valence-corrected chi connectivity index (χ1v) is 9.91. The molecule has 0 atom stereocenters. The van der Waals surface area contributed by atoms with Crippen molar-refractivity contribution in [2.45, 2.75) is 33.1 Å². The molecule has 152 valence electrons. The molecule has 2 rings (SSSR count). The van der Waals surface area contributed by atoms with E-state index in [1.807, 2.05) is 0 Å². The van der Waals surface area contributed by atoms with Gasteiger partial charge in [-0.05, 0) is 18.1 Å². The van der Waals surface area contributed by atoms with Gasteiger partial charge in [0.2, 0.25) is 5.75 Å². The SMILES string of the molecule is CCC(CC)COc1c(C(=O)Cc2c(Cl)cncc2Cl)ccc(OC)c1OC. The molecule has 0 spiro atoms. The van der Waals surface area contributed by atoms with Crippen LogP contribution in [0.5, 0.6) is 17.2 Å². The van der Waals surface area contributed by atoms with Crippen molar-refractivity contribution in [3.8, 4) is 17.2 Å². The monoisotopic (exact) mass is 425 g/mol. The summed E-state index contributed by atoms with van der Waals surface area (Å²) in [4.78, 5) is 17.0. The topological polar surface area (TPSA) is 57.7 Å². The van der Waals surface area contributed by atoms with Crippen molar-refractivity contribution in [2.24, 2.45) is 5.92 Å². The molecule has 0 amide bonds. The number of pyridine rings is 1. The van der Waals surface area contributed by atoms with E-state index in [1.54, 1.807) is 19.2 Å². The lowest BCUT2D eigenvalue weighted by atomic mass is 10.0. The molecule has 2 aromatic rings. The first-order chi connectivity index (χ1) is 13.5. The number of benzene rings is 1. The number of halogens is 2. The zero-order chi connectivity index (χ0) is 20.7. The minimum Gasteiger partial charge on any atom is -0.493 e. The van der Waals surface area contributed by atoms with Gasteiger partial charge in [0.1, 0.15) is 0 Å². The van der Waals surface area contributed by atoms with Gasteiger partial charge < -0.3 is 14.2 Å². The van der Waals surface area contributed by atoms with E-state index in [4.69, 9.17) is 37.4 Å². The number of carbonyl (C=O) groups is 1. The van der Waals surface area contributed by atoms with Gasteiger partial charge in [-0.2, -0.15) is 0 Å². The number of ether oxygens (including phenoxy) is 3. The Morgan fingerprint density at radius 3 is 2.21 bits per heavy atom. The van der Waals surface area contributed by atoms with Crippen molar-refractivity contribution >= 4 is 29.0 Å². The molecule has 0 aliphatic carbocycles. The van der Waals surface area contributed by atoms with Gasteiger partial charge in [-0.1, -0.05) is 49.9 Å². The van der Waals surface area contributed by atoms with Crippen molar-refractivity contribution < 1.29 is 19.0 Å². The predicted octanol–water partition coefficient (Wildman–Crippen LogP) is 5.65. The van der Waals surface area contributed by atoms with Crippen LogP contribution in [0, 0.1) is 5.92 Å². The van der Waals surface area contributed by atoms with Crippen LogP contribution in [0.15, 0.2) is 24.5 Å². The van der Waals surface area contributed by atoms with Crippen LogP contribution < -0.4 is 14.2 Å². The quantitative estimate of drug-likeness (QED) is 0.460. The van der Waals surface area contributed by atoms with Crippen LogP contribution in [0.1, 0.15) is 42.6 Å². The van der Waals surface area contributed by atoms with Crippen LogP contribution >= 0.6 is 23.2 Å². The van der Waals surface area contributed by atoms with E-state index < -0.39 is 0 Å². The van der Waals surface area contributed by atoms with Crippen LogP contribution in [0.4, 0.5) is 0 Å². The number of nitrogens with zero attached hydrogens (tertiary/aromatic N) is 1. The summed E-state index contributed by atoms with van der Waals surface area (Å²) in [6, 6.07) is 3.36. The van der Waals surface area contributed by atoms with Gasteiger partial charge in [0, 0.05) is 24.4 Å². The van der Waals surface area contributed by atoms with Gasteiger partial charge in [0.15, 0.2) is 17.3 Å². The van der Waals surface area contributed by atoms with Gasteiger partial charge in [0.25, 0.3) is 0 Å². The van der Waals surface area contributed by atoms with Crippen LogP contribution in [0.25, 0.3) is 0 Å². The summed E-state index contributed by atoms with van der Waals surface area (Å²) in [6.45, 7) is 4.70. The second-order valence-electron chi connectivity index (χ2n) is 6.35. The molecule has 0 radical (unpaired) electrons. The summed E-state index contributed by atoms with van der Waals surface area (Å²) in [6.07, 6.45) is 4.92. The average Bonchev–Trinajstić information content (AvgIpc) is 2.70. The minimum absolute atomic E-state index is 0.0248. The maximum atomic E-state index is 13.1. The molecule has 0 aliphatic rings. The van der Waals surface area contributed by atoms with Crippen molar-refractivity contribution in [1.29, 1.82) is 0 Å². The lowest BCUT2D eigenvalue weighted by molar-refractivity contribution is 0.0986. The summed E-state index contributed by atoms with van der Waals surface area (Å²) < 4.78 is 16.9. The fourth-order valence-corrected chi connectivity index (χ4v) is 3.35. The Balaban J connectivity index is 2.42. The Bertz CT molecular complexity index is 802. The van der Waals surface area contributed by atoms with E-state index in [-0.39, 0.29) is 12.2 Å². The summed E-state index contributed by atoms with van der Waals surface area (Å²) >= 11 is 12.3. The summed E-state index contributed by atoms with van der Waals surface area (Å²) in [5.41, 5.74) is 0.927. The maximum absolute atomic E-state index is 13.1. The Kier molecular flexibility index (Phi) is 8.39. The highest BCUT2D eigenvalue weighted by atomic mass is 35.5. The highest BCUT2D eigenvalue weighted by Crippen LogP contribution is 2.41. The molecular formula is C21H25Cl2NO4. The Morgan fingerprint density at radius 1 is 1.04 bits per heavy atom. The molecule has 0 saturated heterocycles. The number of Topliss-reactive ketones (excluding diaryl/α,β-unsaturated/α-hetero) is 1. The van der Waals surface area contributed by atoms with Gasteiger partial charge >= 0.3 is 0 Å². The third-order valence-electron chi connectivity index (χ3n) is 4.71. The number of hydrogen-bond donors (Lipinski definition) is 0. The van der Waals surface area contributed by atoms with E-state index in [0.29, 0.717) is 50.9 Å². The highest BCUT2D eigenvalue weighted by Gasteiger charge is 2.23. The number of hydrogen-bond acceptors (Lipinski definition) is 5. The van der Waals surface area contributed by atoms with Crippen molar-refractivity contribution in [1.82, 2.24) is 4.98 Å². The van der Waals surface area contributed by atoms with Gasteiger partial charge in [-0.15, -0.1) is 0 Å². The lowest BCUT2D eigenvalue weighted by Crippen LogP contribution is -2.14. The standard InChI is InChI=1S/C21H25Cl2NO4/c1-5-13(6-2)12-28-20-14(7-8-19(26-3)21(20)27-4)18(25)9-15-16(22)10-24-11-17(15)23/h7-8,10-11,13H,5-6,9,12H2,1-4H3. The largest absolute Gasteiger partial charge is 0.493 e. The number of carbonyl (C=O) groups excluding carboxylic acids is 1. The fourth-order valence-electron chi connectivity index (χ4n) is 2.85.